The molecule has 0 unspecified atom stereocenters. The molecule has 1 aliphatic rings. The zero-order valence-electron chi connectivity index (χ0n) is 21.2. The molecule has 1 atom stereocenters. The van der Waals surface area contributed by atoms with Crippen LogP contribution in [0.2, 0.25) is 5.02 Å². The summed E-state index contributed by atoms with van der Waals surface area (Å²) in [6.45, 7) is 0.759. The number of methoxy groups -OCH3 is 1. The minimum atomic E-state index is -3.92. The van der Waals surface area contributed by atoms with Crippen LogP contribution in [0.4, 0.5) is 10.1 Å². The second-order valence-electron chi connectivity index (χ2n) is 9.22. The number of ether oxygens (including phenoxy) is 1. The highest BCUT2D eigenvalue weighted by Crippen LogP contribution is 2.30. The van der Waals surface area contributed by atoms with Gasteiger partial charge >= 0.3 is 0 Å². The third-order valence-electron chi connectivity index (χ3n) is 6.52. The average molecular weight is 554 g/mol. The fourth-order valence-electron chi connectivity index (χ4n) is 4.39. The van der Waals surface area contributed by atoms with Crippen molar-refractivity contribution < 1.29 is 27.1 Å². The van der Waals surface area contributed by atoms with Crippen molar-refractivity contribution in [3.8, 4) is 5.75 Å². The average Bonchev–Trinajstić information content (AvgIpc) is 2.86. The Balaban J connectivity index is 1.90. The topological polar surface area (TPSA) is 96.0 Å². The quantitative estimate of drug-likeness (QED) is 0.477. The van der Waals surface area contributed by atoms with Crippen molar-refractivity contribution in [3.63, 3.8) is 0 Å². The highest BCUT2D eigenvalue weighted by molar-refractivity contribution is 7.92. The van der Waals surface area contributed by atoms with Gasteiger partial charge < -0.3 is 15.0 Å². The third-order valence-corrected chi connectivity index (χ3v) is 7.96. The molecule has 37 heavy (non-hydrogen) atoms. The summed E-state index contributed by atoms with van der Waals surface area (Å²) < 4.78 is 45.9. The molecule has 1 N–H and O–H groups in total. The number of halogens is 2. The van der Waals surface area contributed by atoms with E-state index in [-0.39, 0.29) is 34.8 Å². The standard InChI is InChI=1S/C26H33ClFN3O5S/c1-18(26(33)29-20-10-5-4-6-11-20)30(16-19-9-7-8-12-23(19)28)25(32)17-31(37(3,34)35)21-13-14-24(36-2)22(27)15-21/h7-9,12-15,18,20H,4-6,10-11,16-17H2,1-3H3,(H,29,33)/t18-/m0/s1. The summed E-state index contributed by atoms with van der Waals surface area (Å²) in [6.07, 6.45) is 5.85. The van der Waals surface area contributed by atoms with E-state index >= 15 is 0 Å². The minimum absolute atomic E-state index is 0.0167. The van der Waals surface area contributed by atoms with Gasteiger partial charge in [-0.05, 0) is 44.0 Å². The Morgan fingerprint density at radius 2 is 1.84 bits per heavy atom. The van der Waals surface area contributed by atoms with E-state index in [0.29, 0.717) is 5.75 Å². The minimum Gasteiger partial charge on any atom is -0.495 e. The van der Waals surface area contributed by atoms with E-state index in [0.717, 1.165) is 42.7 Å². The molecule has 1 fully saturated rings. The first-order chi connectivity index (χ1) is 17.5. The molecular formula is C26H33ClFN3O5S. The van der Waals surface area contributed by atoms with Crippen LogP contribution in [0.5, 0.6) is 5.75 Å². The first-order valence-corrected chi connectivity index (χ1v) is 14.4. The van der Waals surface area contributed by atoms with E-state index < -0.39 is 34.3 Å². The van der Waals surface area contributed by atoms with Gasteiger partial charge in [0.1, 0.15) is 24.2 Å². The van der Waals surface area contributed by atoms with Crippen molar-refractivity contribution in [2.24, 2.45) is 0 Å². The highest BCUT2D eigenvalue weighted by Gasteiger charge is 2.31. The number of carbonyl (C=O) groups excluding carboxylic acids is 2. The lowest BCUT2D eigenvalue weighted by molar-refractivity contribution is -0.139. The van der Waals surface area contributed by atoms with Crippen LogP contribution >= 0.6 is 11.6 Å². The van der Waals surface area contributed by atoms with Crippen molar-refractivity contribution in [1.29, 1.82) is 0 Å². The number of amides is 2. The number of rotatable bonds is 10. The van der Waals surface area contributed by atoms with E-state index in [9.17, 15) is 22.4 Å². The van der Waals surface area contributed by atoms with Crippen molar-refractivity contribution >= 4 is 39.1 Å². The highest BCUT2D eigenvalue weighted by atomic mass is 35.5. The predicted molar refractivity (Wildman–Crippen MR) is 142 cm³/mol. The van der Waals surface area contributed by atoms with Gasteiger partial charge in [-0.25, -0.2) is 12.8 Å². The SMILES string of the molecule is COc1ccc(N(CC(=O)N(Cc2ccccc2F)[C@@H](C)C(=O)NC2CCCCC2)S(C)(=O)=O)cc1Cl. The normalized spacial score (nSPS) is 15.1. The maximum Gasteiger partial charge on any atom is 0.244 e. The monoisotopic (exact) mass is 553 g/mol. The van der Waals surface area contributed by atoms with Gasteiger partial charge in [-0.2, -0.15) is 0 Å². The van der Waals surface area contributed by atoms with Gasteiger partial charge in [0.2, 0.25) is 21.8 Å². The van der Waals surface area contributed by atoms with Crippen LogP contribution < -0.4 is 14.4 Å². The summed E-state index contributed by atoms with van der Waals surface area (Å²) in [5, 5.41) is 3.17. The Kier molecular flexibility index (Phi) is 9.78. The number of hydrogen-bond acceptors (Lipinski definition) is 5. The molecular weight excluding hydrogens is 521 g/mol. The Morgan fingerprint density at radius 3 is 2.43 bits per heavy atom. The predicted octanol–water partition coefficient (Wildman–Crippen LogP) is 4.12. The Labute approximate surface area is 222 Å². The molecule has 0 spiro atoms. The van der Waals surface area contributed by atoms with Gasteiger partial charge in [0, 0.05) is 18.2 Å². The summed E-state index contributed by atoms with van der Waals surface area (Å²) in [7, 11) is -2.49. The second kappa shape index (κ2) is 12.6. The zero-order valence-corrected chi connectivity index (χ0v) is 22.8. The van der Waals surface area contributed by atoms with Crippen LogP contribution in [0, 0.1) is 5.82 Å². The fourth-order valence-corrected chi connectivity index (χ4v) is 5.48. The van der Waals surface area contributed by atoms with Crippen molar-refractivity contribution in [2.75, 3.05) is 24.2 Å². The Bertz CT molecular complexity index is 1220. The number of hydrogen-bond donors (Lipinski definition) is 1. The lowest BCUT2D eigenvalue weighted by Crippen LogP contribution is -2.53. The van der Waals surface area contributed by atoms with Gasteiger partial charge in [-0.15, -0.1) is 0 Å². The Morgan fingerprint density at radius 1 is 1.16 bits per heavy atom. The number of nitrogens with zero attached hydrogens (tertiary/aromatic N) is 2. The number of carbonyl (C=O) groups is 2. The summed E-state index contributed by atoms with van der Waals surface area (Å²) in [4.78, 5) is 27.9. The molecule has 0 aliphatic heterocycles. The molecule has 2 aromatic carbocycles. The smallest absolute Gasteiger partial charge is 0.244 e. The zero-order chi connectivity index (χ0) is 27.2. The van der Waals surface area contributed by atoms with Crippen molar-refractivity contribution in [2.45, 2.75) is 57.7 Å². The molecule has 11 heteroatoms. The molecule has 8 nitrogen and oxygen atoms in total. The van der Waals surface area contributed by atoms with Crippen LogP contribution in [-0.4, -0.2) is 57.1 Å². The van der Waals surface area contributed by atoms with Crippen molar-refractivity contribution in [1.82, 2.24) is 10.2 Å². The molecule has 3 rings (SSSR count). The summed E-state index contributed by atoms with van der Waals surface area (Å²) in [5.41, 5.74) is 0.373. The van der Waals surface area contributed by atoms with E-state index in [4.69, 9.17) is 16.3 Å². The van der Waals surface area contributed by atoms with Crippen LogP contribution in [0.3, 0.4) is 0 Å². The van der Waals surface area contributed by atoms with E-state index in [1.165, 1.54) is 48.4 Å². The van der Waals surface area contributed by atoms with Crippen LogP contribution in [0.25, 0.3) is 0 Å². The molecule has 0 heterocycles. The van der Waals surface area contributed by atoms with Gasteiger partial charge in [0.05, 0.1) is 24.1 Å². The molecule has 1 aliphatic carbocycles. The summed E-state index contributed by atoms with van der Waals surface area (Å²) >= 11 is 6.20. The summed E-state index contributed by atoms with van der Waals surface area (Å²) in [6, 6.07) is 9.37. The van der Waals surface area contributed by atoms with Crippen LogP contribution in [0.1, 0.15) is 44.6 Å². The maximum atomic E-state index is 14.5. The van der Waals surface area contributed by atoms with Gasteiger partial charge in [-0.3, -0.25) is 13.9 Å². The first-order valence-electron chi connectivity index (χ1n) is 12.2. The lowest BCUT2D eigenvalue weighted by Gasteiger charge is -2.33. The van der Waals surface area contributed by atoms with Gasteiger partial charge in [0.15, 0.2) is 0 Å². The fraction of sp³-hybridized carbons (Fsp3) is 0.462. The van der Waals surface area contributed by atoms with E-state index in [2.05, 4.69) is 5.32 Å². The number of benzene rings is 2. The number of nitrogens with one attached hydrogen (secondary N) is 1. The molecule has 0 saturated heterocycles. The molecule has 0 aromatic heterocycles. The number of anilines is 1. The number of sulfonamides is 1. The van der Waals surface area contributed by atoms with E-state index in [1.54, 1.807) is 13.0 Å². The van der Waals surface area contributed by atoms with Gasteiger partial charge in [-0.1, -0.05) is 49.1 Å². The molecule has 202 valence electrons. The molecule has 2 amide bonds. The van der Waals surface area contributed by atoms with Crippen LogP contribution in [0.15, 0.2) is 42.5 Å². The van der Waals surface area contributed by atoms with Crippen molar-refractivity contribution in [3.05, 3.63) is 58.9 Å². The maximum absolute atomic E-state index is 14.5. The lowest BCUT2D eigenvalue weighted by atomic mass is 9.95. The van der Waals surface area contributed by atoms with Crippen LogP contribution in [-0.2, 0) is 26.2 Å². The molecule has 0 radical (unpaired) electrons. The molecule has 1 saturated carbocycles. The first kappa shape index (κ1) is 28.7. The second-order valence-corrected chi connectivity index (χ2v) is 11.5. The third kappa shape index (κ3) is 7.58. The van der Waals surface area contributed by atoms with E-state index in [1.807, 2.05) is 0 Å². The molecule has 2 aromatic rings. The summed E-state index contributed by atoms with van der Waals surface area (Å²) in [5.74, 6) is -1.21. The molecule has 0 bridgehead atoms. The van der Waals surface area contributed by atoms with Gasteiger partial charge in [0.25, 0.3) is 0 Å². The largest absolute Gasteiger partial charge is 0.495 e. The Hall–Kier alpha value is -2.85.